The number of imide groups is 1. The molecule has 1 saturated heterocycles. The lowest BCUT2D eigenvalue weighted by Gasteiger charge is -2.19. The third kappa shape index (κ3) is 3.73. The molecule has 1 aliphatic rings. The molecule has 1 heterocycles. The van der Waals surface area contributed by atoms with E-state index in [-0.39, 0.29) is 23.5 Å². The van der Waals surface area contributed by atoms with Gasteiger partial charge in [-0.25, -0.2) is 4.90 Å². The highest BCUT2D eigenvalue weighted by atomic mass is 19.4. The summed E-state index contributed by atoms with van der Waals surface area (Å²) in [6.45, 7) is 0. The Bertz CT molecular complexity index is 914. The van der Waals surface area contributed by atoms with Crippen LogP contribution < -0.4 is 19.7 Å². The van der Waals surface area contributed by atoms with Crippen LogP contribution in [-0.2, 0) is 15.8 Å². The zero-order valence-electron chi connectivity index (χ0n) is 15.0. The number of anilines is 2. The predicted octanol–water partition coefficient (Wildman–Crippen LogP) is 3.47. The van der Waals surface area contributed by atoms with Crippen LogP contribution in [0.5, 0.6) is 11.5 Å². The number of carbonyl (C=O) groups excluding carboxylic acids is 2. The number of halogens is 3. The van der Waals surface area contributed by atoms with Crippen molar-refractivity contribution in [2.45, 2.75) is 18.6 Å². The van der Waals surface area contributed by atoms with Crippen LogP contribution in [0.15, 0.2) is 42.5 Å². The molecule has 28 heavy (non-hydrogen) atoms. The molecule has 3 rings (SSSR count). The van der Waals surface area contributed by atoms with Crippen molar-refractivity contribution in [2.24, 2.45) is 0 Å². The first-order chi connectivity index (χ1) is 13.2. The number of rotatable bonds is 5. The fourth-order valence-corrected chi connectivity index (χ4v) is 2.95. The van der Waals surface area contributed by atoms with Gasteiger partial charge in [0.15, 0.2) is 0 Å². The van der Waals surface area contributed by atoms with Crippen LogP contribution >= 0.6 is 0 Å². The van der Waals surface area contributed by atoms with Gasteiger partial charge in [-0.15, -0.1) is 0 Å². The van der Waals surface area contributed by atoms with Crippen LogP contribution in [0.3, 0.4) is 0 Å². The van der Waals surface area contributed by atoms with Crippen molar-refractivity contribution in [1.29, 1.82) is 0 Å². The summed E-state index contributed by atoms with van der Waals surface area (Å²) in [5, 5.41) is 2.72. The number of amides is 2. The van der Waals surface area contributed by atoms with E-state index in [1.54, 1.807) is 6.07 Å². The Hall–Kier alpha value is -3.23. The molecular formula is C19H17F3N2O4. The first-order valence-corrected chi connectivity index (χ1v) is 8.27. The van der Waals surface area contributed by atoms with Crippen LogP contribution in [-0.4, -0.2) is 32.1 Å². The van der Waals surface area contributed by atoms with Crippen molar-refractivity contribution >= 4 is 23.2 Å². The first kappa shape index (κ1) is 19.5. The summed E-state index contributed by atoms with van der Waals surface area (Å²) >= 11 is 0. The Morgan fingerprint density at radius 1 is 1.07 bits per heavy atom. The van der Waals surface area contributed by atoms with Crippen molar-refractivity contribution in [1.82, 2.24) is 0 Å². The fourth-order valence-electron chi connectivity index (χ4n) is 2.95. The summed E-state index contributed by atoms with van der Waals surface area (Å²) in [5.41, 5.74) is -0.501. The summed E-state index contributed by atoms with van der Waals surface area (Å²) in [4.78, 5) is 26.2. The number of hydrogen-bond acceptors (Lipinski definition) is 5. The maximum atomic E-state index is 12.9. The van der Waals surface area contributed by atoms with Gasteiger partial charge in [0.25, 0.3) is 5.91 Å². The molecule has 0 spiro atoms. The minimum absolute atomic E-state index is 0.101. The van der Waals surface area contributed by atoms with Gasteiger partial charge in [-0.2, -0.15) is 13.2 Å². The van der Waals surface area contributed by atoms with E-state index in [4.69, 9.17) is 9.47 Å². The highest BCUT2D eigenvalue weighted by molar-refractivity contribution is 6.23. The van der Waals surface area contributed by atoms with Crippen LogP contribution in [0.25, 0.3) is 0 Å². The third-order valence-corrected chi connectivity index (χ3v) is 4.31. The van der Waals surface area contributed by atoms with E-state index in [9.17, 15) is 22.8 Å². The number of nitrogens with one attached hydrogen (secondary N) is 1. The second-order valence-electron chi connectivity index (χ2n) is 6.08. The summed E-state index contributed by atoms with van der Waals surface area (Å²) in [7, 11) is 2.86. The lowest BCUT2D eigenvalue weighted by Crippen LogP contribution is -2.35. The summed E-state index contributed by atoms with van der Waals surface area (Å²) in [6.07, 6.45) is -4.69. The molecule has 0 unspecified atom stereocenters. The Morgan fingerprint density at radius 3 is 2.46 bits per heavy atom. The quantitative estimate of drug-likeness (QED) is 0.787. The lowest BCUT2D eigenvalue weighted by atomic mass is 10.1. The monoisotopic (exact) mass is 394 g/mol. The average Bonchev–Trinajstić information content (AvgIpc) is 2.94. The molecule has 1 N–H and O–H groups in total. The largest absolute Gasteiger partial charge is 0.497 e. The minimum Gasteiger partial charge on any atom is -0.497 e. The molecule has 9 heteroatoms. The van der Waals surface area contributed by atoms with Crippen LogP contribution in [0, 0.1) is 0 Å². The lowest BCUT2D eigenvalue weighted by molar-refractivity contribution is -0.137. The van der Waals surface area contributed by atoms with Gasteiger partial charge < -0.3 is 14.8 Å². The van der Waals surface area contributed by atoms with Gasteiger partial charge in [0.1, 0.15) is 17.5 Å². The molecule has 1 fully saturated rings. The van der Waals surface area contributed by atoms with Gasteiger partial charge >= 0.3 is 6.18 Å². The van der Waals surface area contributed by atoms with E-state index >= 15 is 0 Å². The Labute approximate surface area is 158 Å². The second-order valence-corrected chi connectivity index (χ2v) is 6.08. The molecule has 0 saturated carbocycles. The van der Waals surface area contributed by atoms with E-state index in [0.717, 1.165) is 17.0 Å². The SMILES string of the molecule is COc1ccc(N2C(=O)C[C@@H](Nc3cccc(C(F)(F)F)c3)C2=O)c(OC)c1. The van der Waals surface area contributed by atoms with Crippen LogP contribution in [0.1, 0.15) is 12.0 Å². The van der Waals surface area contributed by atoms with Gasteiger partial charge in [0.2, 0.25) is 5.91 Å². The van der Waals surface area contributed by atoms with E-state index in [1.165, 1.54) is 38.5 Å². The highest BCUT2D eigenvalue weighted by Crippen LogP contribution is 2.36. The Kier molecular flexibility index (Phi) is 5.17. The molecule has 6 nitrogen and oxygen atoms in total. The maximum Gasteiger partial charge on any atom is 0.416 e. The van der Waals surface area contributed by atoms with Gasteiger partial charge in [-0.3, -0.25) is 9.59 Å². The van der Waals surface area contributed by atoms with Gasteiger partial charge in [0, 0.05) is 11.8 Å². The van der Waals surface area contributed by atoms with Crippen molar-refractivity contribution in [3.8, 4) is 11.5 Å². The normalized spacial score (nSPS) is 17.0. The van der Waals surface area contributed by atoms with E-state index in [1.807, 2.05) is 0 Å². The van der Waals surface area contributed by atoms with Gasteiger partial charge in [-0.05, 0) is 30.3 Å². The molecule has 2 aromatic rings. The Morgan fingerprint density at radius 2 is 1.82 bits per heavy atom. The molecule has 2 aromatic carbocycles. The standard InChI is InChI=1S/C19H17F3N2O4/c1-27-13-6-7-15(16(9-13)28-2)24-17(25)10-14(18(24)26)23-12-5-3-4-11(8-12)19(20,21)22/h3-9,14,23H,10H2,1-2H3/t14-/m1/s1. The topological polar surface area (TPSA) is 67.9 Å². The van der Waals surface area contributed by atoms with Crippen molar-refractivity contribution in [3.63, 3.8) is 0 Å². The van der Waals surface area contributed by atoms with Crippen LogP contribution in [0.4, 0.5) is 24.5 Å². The van der Waals surface area contributed by atoms with E-state index in [0.29, 0.717) is 5.75 Å². The maximum absolute atomic E-state index is 12.9. The van der Waals surface area contributed by atoms with Crippen molar-refractivity contribution in [2.75, 3.05) is 24.4 Å². The molecule has 0 aliphatic carbocycles. The number of methoxy groups -OCH3 is 2. The first-order valence-electron chi connectivity index (χ1n) is 8.27. The number of carbonyl (C=O) groups is 2. The van der Waals surface area contributed by atoms with E-state index in [2.05, 4.69) is 5.32 Å². The molecule has 1 atom stereocenters. The smallest absolute Gasteiger partial charge is 0.416 e. The summed E-state index contributed by atoms with van der Waals surface area (Å²) < 4.78 is 48.9. The van der Waals surface area contributed by atoms with Crippen molar-refractivity contribution < 1.29 is 32.2 Å². The predicted molar refractivity (Wildman–Crippen MR) is 95.5 cm³/mol. The average molecular weight is 394 g/mol. The highest BCUT2D eigenvalue weighted by Gasteiger charge is 2.41. The number of nitrogens with zero attached hydrogens (tertiary/aromatic N) is 1. The molecule has 0 bridgehead atoms. The molecule has 148 valence electrons. The Balaban J connectivity index is 1.85. The minimum atomic E-state index is -4.50. The van der Waals surface area contributed by atoms with Crippen LogP contribution in [0.2, 0.25) is 0 Å². The molecular weight excluding hydrogens is 377 g/mol. The second kappa shape index (κ2) is 7.41. The molecule has 0 radical (unpaired) electrons. The summed E-state index contributed by atoms with van der Waals surface area (Å²) in [5.74, 6) is -0.317. The van der Waals surface area contributed by atoms with Gasteiger partial charge in [-0.1, -0.05) is 6.07 Å². The zero-order chi connectivity index (χ0) is 20.5. The number of hydrogen-bond donors (Lipinski definition) is 1. The molecule has 0 aromatic heterocycles. The number of ether oxygens (including phenoxy) is 2. The molecule has 2 amide bonds. The fraction of sp³-hybridized carbons (Fsp3) is 0.263. The molecule has 1 aliphatic heterocycles. The number of alkyl halides is 3. The zero-order valence-corrected chi connectivity index (χ0v) is 15.0. The summed E-state index contributed by atoms with van der Waals surface area (Å²) in [6, 6.07) is 8.11. The number of benzene rings is 2. The third-order valence-electron chi connectivity index (χ3n) is 4.31. The van der Waals surface area contributed by atoms with Crippen molar-refractivity contribution in [3.05, 3.63) is 48.0 Å². The van der Waals surface area contributed by atoms with Gasteiger partial charge in [0.05, 0.1) is 31.9 Å². The van der Waals surface area contributed by atoms with E-state index < -0.39 is 29.6 Å².